The van der Waals surface area contributed by atoms with E-state index in [1.54, 1.807) is 0 Å². The van der Waals surface area contributed by atoms with Crippen LogP contribution in [0.3, 0.4) is 0 Å². The number of hydrogen-bond acceptors (Lipinski definition) is 3. The molecular formula is C13H18N2O. The van der Waals surface area contributed by atoms with Gasteiger partial charge in [0.1, 0.15) is 5.52 Å². The highest BCUT2D eigenvalue weighted by Crippen LogP contribution is 2.27. The van der Waals surface area contributed by atoms with Crippen molar-refractivity contribution in [2.45, 2.75) is 34.1 Å². The molecule has 0 radical (unpaired) electrons. The molecule has 0 fully saturated rings. The molecular weight excluding hydrogens is 200 g/mol. The zero-order chi connectivity index (χ0) is 11.9. The molecule has 0 amide bonds. The van der Waals surface area contributed by atoms with Gasteiger partial charge in [-0.05, 0) is 31.4 Å². The minimum Gasteiger partial charge on any atom is -0.441 e. The minimum absolute atomic E-state index is 0.548. The van der Waals surface area contributed by atoms with Crippen LogP contribution in [0.5, 0.6) is 0 Å². The van der Waals surface area contributed by atoms with Gasteiger partial charge in [0, 0.05) is 17.7 Å². The number of fused-ring (bicyclic) bond motifs is 1. The third-order valence-corrected chi connectivity index (χ3v) is 2.81. The van der Waals surface area contributed by atoms with E-state index in [9.17, 15) is 0 Å². The summed E-state index contributed by atoms with van der Waals surface area (Å²) in [6.45, 7) is 8.29. The quantitative estimate of drug-likeness (QED) is 0.787. The van der Waals surface area contributed by atoms with E-state index in [4.69, 9.17) is 10.2 Å². The first-order chi connectivity index (χ1) is 7.49. The van der Waals surface area contributed by atoms with Crippen LogP contribution in [0.2, 0.25) is 0 Å². The third-order valence-electron chi connectivity index (χ3n) is 2.81. The number of rotatable bonds is 2. The van der Waals surface area contributed by atoms with Gasteiger partial charge in [0.25, 0.3) is 0 Å². The Morgan fingerprint density at radius 2 is 2.06 bits per heavy atom. The average Bonchev–Trinajstić information content (AvgIpc) is 2.56. The Kier molecular flexibility index (Phi) is 2.62. The van der Waals surface area contributed by atoms with Crippen molar-refractivity contribution in [1.29, 1.82) is 0 Å². The first-order valence-corrected chi connectivity index (χ1v) is 5.64. The van der Waals surface area contributed by atoms with Gasteiger partial charge in [0.15, 0.2) is 11.5 Å². The van der Waals surface area contributed by atoms with Gasteiger partial charge in [-0.3, -0.25) is 0 Å². The Bertz CT molecular complexity index is 526. The first kappa shape index (κ1) is 11.0. The molecule has 2 N–H and O–H groups in total. The van der Waals surface area contributed by atoms with Crippen LogP contribution in [0.1, 0.15) is 30.9 Å². The standard InChI is InChI=1S/C13H18N2O/c1-7(2)5-11-15-13-9(4)12(14)8(3)6-10(13)16-11/h6-7H,5,14H2,1-4H3. The Labute approximate surface area is 95.7 Å². The molecule has 0 bridgehead atoms. The second-order valence-corrected chi connectivity index (χ2v) is 4.78. The van der Waals surface area contributed by atoms with E-state index in [0.29, 0.717) is 5.92 Å². The van der Waals surface area contributed by atoms with Crippen LogP contribution in [0.15, 0.2) is 10.5 Å². The number of anilines is 1. The van der Waals surface area contributed by atoms with E-state index < -0.39 is 0 Å². The first-order valence-electron chi connectivity index (χ1n) is 5.64. The normalized spacial score (nSPS) is 11.6. The second kappa shape index (κ2) is 3.81. The van der Waals surface area contributed by atoms with E-state index in [0.717, 1.165) is 40.2 Å². The number of oxazole rings is 1. The number of aromatic nitrogens is 1. The molecule has 3 heteroatoms. The lowest BCUT2D eigenvalue weighted by atomic mass is 10.1. The summed E-state index contributed by atoms with van der Waals surface area (Å²) in [5, 5.41) is 0. The minimum atomic E-state index is 0.548. The fourth-order valence-corrected chi connectivity index (χ4v) is 1.88. The lowest BCUT2D eigenvalue weighted by Gasteiger charge is -2.02. The van der Waals surface area contributed by atoms with E-state index >= 15 is 0 Å². The monoisotopic (exact) mass is 218 g/mol. The fraction of sp³-hybridized carbons (Fsp3) is 0.462. The van der Waals surface area contributed by atoms with Crippen LogP contribution in [-0.2, 0) is 6.42 Å². The maximum absolute atomic E-state index is 5.98. The Morgan fingerprint density at radius 3 is 2.69 bits per heavy atom. The highest BCUT2D eigenvalue weighted by atomic mass is 16.3. The average molecular weight is 218 g/mol. The number of benzene rings is 1. The number of nitrogens with two attached hydrogens (primary N) is 1. The maximum Gasteiger partial charge on any atom is 0.195 e. The lowest BCUT2D eigenvalue weighted by Crippen LogP contribution is -1.95. The third kappa shape index (κ3) is 1.77. The van der Waals surface area contributed by atoms with Gasteiger partial charge < -0.3 is 10.2 Å². The van der Waals surface area contributed by atoms with Crippen molar-refractivity contribution in [3.05, 3.63) is 23.1 Å². The van der Waals surface area contributed by atoms with Gasteiger partial charge in [0.2, 0.25) is 0 Å². The number of nitrogens with zero attached hydrogens (tertiary/aromatic N) is 1. The van der Waals surface area contributed by atoms with Crippen molar-refractivity contribution in [2.24, 2.45) is 5.92 Å². The molecule has 0 atom stereocenters. The maximum atomic E-state index is 5.98. The van der Waals surface area contributed by atoms with E-state index in [-0.39, 0.29) is 0 Å². The van der Waals surface area contributed by atoms with Crippen molar-refractivity contribution in [2.75, 3.05) is 5.73 Å². The molecule has 0 aliphatic carbocycles. The molecule has 0 saturated carbocycles. The summed E-state index contributed by atoms with van der Waals surface area (Å²) in [6.07, 6.45) is 0.868. The van der Waals surface area contributed by atoms with Crippen LogP contribution in [0, 0.1) is 19.8 Å². The molecule has 0 spiro atoms. The van der Waals surface area contributed by atoms with Gasteiger partial charge in [-0.15, -0.1) is 0 Å². The van der Waals surface area contributed by atoms with Gasteiger partial charge in [-0.2, -0.15) is 0 Å². The van der Waals surface area contributed by atoms with E-state index in [2.05, 4.69) is 18.8 Å². The van der Waals surface area contributed by atoms with Crippen LogP contribution < -0.4 is 5.73 Å². The summed E-state index contributed by atoms with van der Waals surface area (Å²) in [5.74, 6) is 1.35. The molecule has 1 aromatic carbocycles. The summed E-state index contributed by atoms with van der Waals surface area (Å²) < 4.78 is 5.73. The zero-order valence-electron chi connectivity index (χ0n) is 10.3. The largest absolute Gasteiger partial charge is 0.441 e. The summed E-state index contributed by atoms with van der Waals surface area (Å²) in [5.41, 5.74) is 10.6. The lowest BCUT2D eigenvalue weighted by molar-refractivity contribution is 0.482. The molecule has 2 rings (SSSR count). The second-order valence-electron chi connectivity index (χ2n) is 4.78. The van der Waals surface area contributed by atoms with Crippen molar-refractivity contribution >= 4 is 16.8 Å². The van der Waals surface area contributed by atoms with Crippen LogP contribution >= 0.6 is 0 Å². The topological polar surface area (TPSA) is 52.0 Å². The number of aryl methyl sites for hydroxylation is 2. The van der Waals surface area contributed by atoms with Gasteiger partial charge in [-0.1, -0.05) is 13.8 Å². The van der Waals surface area contributed by atoms with Crippen molar-refractivity contribution in [1.82, 2.24) is 4.98 Å². The molecule has 0 aliphatic rings. The predicted molar refractivity (Wildman–Crippen MR) is 66.4 cm³/mol. The molecule has 0 saturated heterocycles. The molecule has 16 heavy (non-hydrogen) atoms. The van der Waals surface area contributed by atoms with Gasteiger partial charge in [0.05, 0.1) is 0 Å². The van der Waals surface area contributed by atoms with Crippen molar-refractivity contribution < 1.29 is 4.42 Å². The smallest absolute Gasteiger partial charge is 0.195 e. The van der Waals surface area contributed by atoms with Crippen molar-refractivity contribution in [3.8, 4) is 0 Å². The van der Waals surface area contributed by atoms with E-state index in [1.165, 1.54) is 0 Å². The Morgan fingerprint density at radius 1 is 1.38 bits per heavy atom. The highest BCUT2D eigenvalue weighted by Gasteiger charge is 2.12. The van der Waals surface area contributed by atoms with E-state index in [1.807, 2.05) is 19.9 Å². The summed E-state index contributed by atoms with van der Waals surface area (Å²) in [6, 6.07) is 1.97. The van der Waals surface area contributed by atoms with Crippen molar-refractivity contribution in [3.63, 3.8) is 0 Å². The molecule has 3 nitrogen and oxygen atoms in total. The zero-order valence-corrected chi connectivity index (χ0v) is 10.3. The molecule has 0 unspecified atom stereocenters. The molecule has 86 valence electrons. The number of nitrogen functional groups attached to an aromatic ring is 1. The highest BCUT2D eigenvalue weighted by molar-refractivity contribution is 5.83. The predicted octanol–water partition coefficient (Wildman–Crippen LogP) is 3.23. The molecule has 2 aromatic rings. The van der Waals surface area contributed by atoms with Crippen LogP contribution in [0.25, 0.3) is 11.1 Å². The molecule has 1 heterocycles. The SMILES string of the molecule is Cc1cc2oc(CC(C)C)nc2c(C)c1N. The summed E-state index contributed by atoms with van der Waals surface area (Å²) in [4.78, 5) is 4.51. The Balaban J connectivity index is 2.57. The molecule has 1 aromatic heterocycles. The fourth-order valence-electron chi connectivity index (χ4n) is 1.88. The van der Waals surface area contributed by atoms with Gasteiger partial charge in [-0.25, -0.2) is 4.98 Å². The molecule has 0 aliphatic heterocycles. The number of hydrogen-bond donors (Lipinski definition) is 1. The summed E-state index contributed by atoms with van der Waals surface area (Å²) >= 11 is 0. The Hall–Kier alpha value is -1.51. The van der Waals surface area contributed by atoms with Gasteiger partial charge >= 0.3 is 0 Å². The van der Waals surface area contributed by atoms with Crippen LogP contribution in [0.4, 0.5) is 5.69 Å². The summed E-state index contributed by atoms with van der Waals surface area (Å²) in [7, 11) is 0. The van der Waals surface area contributed by atoms with Crippen LogP contribution in [-0.4, -0.2) is 4.98 Å².